The van der Waals surface area contributed by atoms with Crippen molar-refractivity contribution in [2.24, 2.45) is 5.41 Å². The van der Waals surface area contributed by atoms with E-state index in [1.807, 2.05) is 0 Å². The second-order valence-corrected chi connectivity index (χ2v) is 7.44. The van der Waals surface area contributed by atoms with E-state index in [9.17, 15) is 5.11 Å². The van der Waals surface area contributed by atoms with Crippen molar-refractivity contribution in [2.45, 2.75) is 63.5 Å². The van der Waals surface area contributed by atoms with E-state index in [-0.39, 0.29) is 12.0 Å². The van der Waals surface area contributed by atoms with Crippen LogP contribution in [-0.4, -0.2) is 61.5 Å². The summed E-state index contributed by atoms with van der Waals surface area (Å²) in [6.45, 7) is 5.09. The van der Waals surface area contributed by atoms with Crippen LogP contribution >= 0.6 is 0 Å². The molecule has 2 N–H and O–H groups in total. The van der Waals surface area contributed by atoms with Gasteiger partial charge in [-0.1, -0.05) is 19.3 Å². The van der Waals surface area contributed by atoms with Crippen LogP contribution in [0.5, 0.6) is 0 Å². The van der Waals surface area contributed by atoms with Crippen LogP contribution in [0.25, 0.3) is 0 Å². The number of nitrogens with zero attached hydrogens (tertiary/aromatic N) is 1. The molecule has 0 aromatic rings. The molecule has 0 bridgehead atoms. The molecule has 1 unspecified atom stereocenters. The molecule has 3 aliphatic rings. The second-order valence-electron chi connectivity index (χ2n) is 7.44. The fourth-order valence-electron chi connectivity index (χ4n) is 4.01. The minimum absolute atomic E-state index is 0.273. The summed E-state index contributed by atoms with van der Waals surface area (Å²) in [5.41, 5.74) is 0.273. The number of aliphatic hydroxyl groups excluding tert-OH is 1. The van der Waals surface area contributed by atoms with Crippen LogP contribution in [0.3, 0.4) is 0 Å². The van der Waals surface area contributed by atoms with Crippen molar-refractivity contribution in [3.8, 4) is 0 Å². The van der Waals surface area contributed by atoms with Crippen LogP contribution in [-0.2, 0) is 4.74 Å². The molecule has 3 fully saturated rings. The maximum atomic E-state index is 9.46. The molecule has 1 atom stereocenters. The van der Waals surface area contributed by atoms with E-state index < -0.39 is 0 Å². The van der Waals surface area contributed by atoms with E-state index in [1.54, 1.807) is 0 Å². The van der Waals surface area contributed by atoms with Gasteiger partial charge in [-0.25, -0.2) is 0 Å². The summed E-state index contributed by atoms with van der Waals surface area (Å²) < 4.78 is 5.75. The standard InChI is InChI=1S/C17H32N2O2/c20-10-9-19(16-4-2-1-3-5-16)13-17(8-11-21-14-17)12-18-15-6-7-15/h15-16,18,20H,1-14H2. The summed E-state index contributed by atoms with van der Waals surface area (Å²) in [5.74, 6) is 0. The Morgan fingerprint density at radius 3 is 2.57 bits per heavy atom. The molecule has 3 rings (SSSR count). The van der Waals surface area contributed by atoms with Crippen molar-refractivity contribution in [3.05, 3.63) is 0 Å². The van der Waals surface area contributed by atoms with Crippen molar-refractivity contribution >= 4 is 0 Å². The van der Waals surface area contributed by atoms with Crippen LogP contribution in [0.2, 0.25) is 0 Å². The molecule has 0 spiro atoms. The molecule has 122 valence electrons. The lowest BCUT2D eigenvalue weighted by Gasteiger charge is -2.40. The van der Waals surface area contributed by atoms with Gasteiger partial charge in [0.2, 0.25) is 0 Å². The molecular weight excluding hydrogens is 264 g/mol. The smallest absolute Gasteiger partial charge is 0.0558 e. The highest BCUT2D eigenvalue weighted by Crippen LogP contribution is 2.33. The van der Waals surface area contributed by atoms with Gasteiger partial charge in [-0.3, -0.25) is 4.90 Å². The average molecular weight is 296 g/mol. The fraction of sp³-hybridized carbons (Fsp3) is 1.00. The number of rotatable bonds is 8. The third kappa shape index (κ3) is 4.41. The van der Waals surface area contributed by atoms with Gasteiger partial charge in [-0.2, -0.15) is 0 Å². The van der Waals surface area contributed by atoms with Gasteiger partial charge in [0.15, 0.2) is 0 Å². The lowest BCUT2D eigenvalue weighted by molar-refractivity contribution is 0.0583. The quantitative estimate of drug-likeness (QED) is 0.716. The molecule has 0 aromatic heterocycles. The SMILES string of the molecule is OCCN(CC1(CNC2CC2)CCOC1)C1CCCCC1. The Morgan fingerprint density at radius 1 is 1.14 bits per heavy atom. The second kappa shape index (κ2) is 7.40. The molecule has 0 radical (unpaired) electrons. The molecule has 4 heteroatoms. The molecular formula is C17H32N2O2. The highest BCUT2D eigenvalue weighted by atomic mass is 16.5. The minimum Gasteiger partial charge on any atom is -0.395 e. The van der Waals surface area contributed by atoms with Gasteiger partial charge in [-0.05, 0) is 32.1 Å². The Morgan fingerprint density at radius 2 is 1.95 bits per heavy atom. The normalized spacial score (nSPS) is 31.1. The fourth-order valence-corrected chi connectivity index (χ4v) is 4.01. The largest absolute Gasteiger partial charge is 0.395 e. The molecule has 4 nitrogen and oxygen atoms in total. The van der Waals surface area contributed by atoms with Crippen LogP contribution in [0.4, 0.5) is 0 Å². The van der Waals surface area contributed by atoms with Crippen LogP contribution in [0, 0.1) is 5.41 Å². The van der Waals surface area contributed by atoms with Crippen LogP contribution in [0.15, 0.2) is 0 Å². The van der Waals surface area contributed by atoms with E-state index in [1.165, 1.54) is 51.4 Å². The highest BCUT2D eigenvalue weighted by Gasteiger charge is 2.39. The van der Waals surface area contributed by atoms with E-state index in [4.69, 9.17) is 4.74 Å². The van der Waals surface area contributed by atoms with Gasteiger partial charge in [-0.15, -0.1) is 0 Å². The van der Waals surface area contributed by atoms with Gasteiger partial charge in [0.25, 0.3) is 0 Å². The van der Waals surface area contributed by atoms with Crippen molar-refractivity contribution in [1.82, 2.24) is 10.2 Å². The Kier molecular flexibility index (Phi) is 5.54. The molecule has 2 saturated carbocycles. The van der Waals surface area contributed by atoms with Crippen molar-refractivity contribution < 1.29 is 9.84 Å². The highest BCUT2D eigenvalue weighted by molar-refractivity contribution is 4.93. The van der Waals surface area contributed by atoms with Gasteiger partial charge in [0, 0.05) is 43.7 Å². The Labute approximate surface area is 129 Å². The Bertz CT molecular complexity index is 308. The van der Waals surface area contributed by atoms with Gasteiger partial charge in [0.05, 0.1) is 13.2 Å². The summed E-state index contributed by atoms with van der Waals surface area (Å²) in [7, 11) is 0. The molecule has 21 heavy (non-hydrogen) atoms. The summed E-state index contributed by atoms with van der Waals surface area (Å²) in [6.07, 6.45) is 10.6. The zero-order chi connectivity index (χ0) is 14.5. The third-order valence-corrected chi connectivity index (χ3v) is 5.54. The number of hydrogen-bond donors (Lipinski definition) is 2. The molecule has 0 amide bonds. The first-order valence-corrected chi connectivity index (χ1v) is 8.97. The zero-order valence-corrected chi connectivity index (χ0v) is 13.4. The van der Waals surface area contributed by atoms with Crippen molar-refractivity contribution in [1.29, 1.82) is 0 Å². The summed E-state index contributed by atoms with van der Waals surface area (Å²) in [5, 5.41) is 13.2. The molecule has 0 aromatic carbocycles. The van der Waals surface area contributed by atoms with Crippen LogP contribution < -0.4 is 5.32 Å². The first-order chi connectivity index (χ1) is 10.3. The number of ether oxygens (including phenoxy) is 1. The Balaban J connectivity index is 1.59. The van der Waals surface area contributed by atoms with Crippen molar-refractivity contribution in [2.75, 3.05) is 39.5 Å². The zero-order valence-electron chi connectivity index (χ0n) is 13.4. The number of aliphatic hydroxyl groups is 1. The maximum Gasteiger partial charge on any atom is 0.0558 e. The minimum atomic E-state index is 0.273. The van der Waals surface area contributed by atoms with Crippen LogP contribution in [0.1, 0.15) is 51.4 Å². The molecule has 1 aliphatic heterocycles. The lowest BCUT2D eigenvalue weighted by atomic mass is 9.84. The van der Waals surface area contributed by atoms with Crippen molar-refractivity contribution in [3.63, 3.8) is 0 Å². The van der Waals surface area contributed by atoms with Gasteiger partial charge >= 0.3 is 0 Å². The van der Waals surface area contributed by atoms with E-state index in [0.717, 1.165) is 38.9 Å². The Hall–Kier alpha value is -0.160. The molecule has 2 aliphatic carbocycles. The first kappa shape index (κ1) is 15.7. The van der Waals surface area contributed by atoms with E-state index in [0.29, 0.717) is 6.04 Å². The van der Waals surface area contributed by atoms with Gasteiger partial charge < -0.3 is 15.2 Å². The first-order valence-electron chi connectivity index (χ1n) is 8.97. The van der Waals surface area contributed by atoms with E-state index >= 15 is 0 Å². The predicted molar refractivity (Wildman–Crippen MR) is 84.4 cm³/mol. The number of nitrogens with one attached hydrogen (secondary N) is 1. The lowest BCUT2D eigenvalue weighted by Crippen LogP contribution is -2.49. The topological polar surface area (TPSA) is 44.7 Å². The monoisotopic (exact) mass is 296 g/mol. The summed E-state index contributed by atoms with van der Waals surface area (Å²) in [4.78, 5) is 2.57. The maximum absolute atomic E-state index is 9.46. The summed E-state index contributed by atoms with van der Waals surface area (Å²) >= 11 is 0. The predicted octanol–water partition coefficient (Wildman–Crippen LogP) is 1.77. The molecule has 1 heterocycles. The van der Waals surface area contributed by atoms with Gasteiger partial charge in [0.1, 0.15) is 0 Å². The number of hydrogen-bond acceptors (Lipinski definition) is 4. The van der Waals surface area contributed by atoms with E-state index in [2.05, 4.69) is 10.2 Å². The summed E-state index contributed by atoms with van der Waals surface area (Å²) in [6, 6.07) is 1.45. The third-order valence-electron chi connectivity index (χ3n) is 5.54. The molecule has 1 saturated heterocycles. The average Bonchev–Trinajstić information content (AvgIpc) is 3.25.